The van der Waals surface area contributed by atoms with Gasteiger partial charge in [-0.05, 0) is 55.2 Å². The third-order valence-corrected chi connectivity index (χ3v) is 5.99. The van der Waals surface area contributed by atoms with Gasteiger partial charge in [-0.3, -0.25) is 4.98 Å². The maximum absolute atomic E-state index is 12.4. The summed E-state index contributed by atoms with van der Waals surface area (Å²) >= 11 is 0. The van der Waals surface area contributed by atoms with E-state index >= 15 is 0 Å². The van der Waals surface area contributed by atoms with E-state index in [1.165, 1.54) is 0 Å². The van der Waals surface area contributed by atoms with E-state index in [9.17, 15) is 21.6 Å². The molecular weight excluding hydrogens is 395 g/mol. The molecule has 0 radical (unpaired) electrons. The van der Waals surface area contributed by atoms with Gasteiger partial charge in [0.2, 0.25) is 10.0 Å². The first-order chi connectivity index (χ1) is 13.2. The van der Waals surface area contributed by atoms with Crippen molar-refractivity contribution in [1.29, 1.82) is 0 Å². The van der Waals surface area contributed by atoms with Crippen LogP contribution >= 0.6 is 0 Å². The molecule has 1 fully saturated rings. The molecule has 0 amide bonds. The van der Waals surface area contributed by atoms with Crippen molar-refractivity contribution in [3.8, 4) is 5.75 Å². The Labute approximate surface area is 161 Å². The average Bonchev–Trinajstić information content (AvgIpc) is 2.67. The molecule has 2 heterocycles. The zero-order valence-electron chi connectivity index (χ0n) is 14.9. The molecule has 1 aliphatic heterocycles. The van der Waals surface area contributed by atoms with Gasteiger partial charge in [0.15, 0.2) is 0 Å². The summed E-state index contributed by atoms with van der Waals surface area (Å²) in [5.41, 5.74) is 1.04. The lowest BCUT2D eigenvalue weighted by atomic mass is 9.97. The fraction of sp³-hybridized carbons (Fsp3) is 0.389. The molecule has 1 aromatic heterocycles. The Kier molecular flexibility index (Phi) is 6.09. The first kappa shape index (κ1) is 20.4. The molecule has 0 atom stereocenters. The Bertz CT molecular complexity index is 866. The van der Waals surface area contributed by atoms with Crippen LogP contribution < -0.4 is 14.4 Å². The molecule has 3 rings (SSSR count). The molecule has 28 heavy (non-hydrogen) atoms. The summed E-state index contributed by atoms with van der Waals surface area (Å²) in [6, 6.07) is 8.01. The Morgan fingerprint density at radius 3 is 2.39 bits per heavy atom. The highest BCUT2D eigenvalue weighted by molar-refractivity contribution is 7.89. The molecule has 0 bridgehead atoms. The first-order valence-electron chi connectivity index (χ1n) is 8.73. The van der Waals surface area contributed by atoms with Gasteiger partial charge in [0, 0.05) is 25.8 Å². The van der Waals surface area contributed by atoms with Crippen molar-refractivity contribution in [2.45, 2.75) is 24.1 Å². The fourth-order valence-electron chi connectivity index (χ4n) is 3.07. The largest absolute Gasteiger partial charge is 0.573 e. The van der Waals surface area contributed by atoms with E-state index in [1.54, 1.807) is 12.4 Å². The standard InChI is InChI=1S/C18H20F3N3O3S/c19-18(20,21)27-16-3-5-17(6-4-16)28(25,26)23-12-14-7-10-24(11-8-14)15-2-1-9-22-13-15/h1-6,9,13-14,23H,7-8,10-12H2. The van der Waals surface area contributed by atoms with E-state index < -0.39 is 22.1 Å². The fourth-order valence-corrected chi connectivity index (χ4v) is 4.18. The van der Waals surface area contributed by atoms with Gasteiger partial charge in [0.25, 0.3) is 0 Å². The number of rotatable bonds is 6. The van der Waals surface area contributed by atoms with Crippen molar-refractivity contribution >= 4 is 15.7 Å². The Hall–Kier alpha value is -2.33. The van der Waals surface area contributed by atoms with Gasteiger partial charge in [-0.15, -0.1) is 13.2 Å². The van der Waals surface area contributed by atoms with Crippen molar-refractivity contribution in [2.75, 3.05) is 24.5 Å². The lowest BCUT2D eigenvalue weighted by Crippen LogP contribution is -2.38. The second kappa shape index (κ2) is 8.36. The monoisotopic (exact) mass is 415 g/mol. The van der Waals surface area contributed by atoms with Gasteiger partial charge in [0.05, 0.1) is 16.8 Å². The van der Waals surface area contributed by atoms with Crippen molar-refractivity contribution in [3.05, 3.63) is 48.8 Å². The highest BCUT2D eigenvalue weighted by Crippen LogP contribution is 2.25. The third-order valence-electron chi connectivity index (χ3n) is 4.56. The number of anilines is 1. The Morgan fingerprint density at radius 2 is 1.82 bits per heavy atom. The molecule has 1 N–H and O–H groups in total. The summed E-state index contributed by atoms with van der Waals surface area (Å²) in [6.07, 6.45) is 0.358. The molecule has 1 aromatic carbocycles. The number of halogens is 3. The van der Waals surface area contributed by atoms with Crippen LogP contribution in [0.3, 0.4) is 0 Å². The second-order valence-corrected chi connectivity index (χ2v) is 8.28. The maximum atomic E-state index is 12.4. The number of nitrogens with one attached hydrogen (secondary N) is 1. The molecule has 2 aromatic rings. The summed E-state index contributed by atoms with van der Waals surface area (Å²) in [4.78, 5) is 6.21. The molecule has 152 valence electrons. The van der Waals surface area contributed by atoms with Gasteiger partial charge in [-0.1, -0.05) is 0 Å². The van der Waals surface area contributed by atoms with E-state index in [1.807, 2.05) is 12.1 Å². The zero-order chi connectivity index (χ0) is 20.2. The minimum atomic E-state index is -4.82. The summed E-state index contributed by atoms with van der Waals surface area (Å²) < 4.78 is 67.6. The zero-order valence-corrected chi connectivity index (χ0v) is 15.7. The first-order valence-corrected chi connectivity index (χ1v) is 10.2. The number of aromatic nitrogens is 1. The number of alkyl halides is 3. The lowest BCUT2D eigenvalue weighted by Gasteiger charge is -2.33. The summed E-state index contributed by atoms with van der Waals surface area (Å²) in [6.45, 7) is 1.90. The van der Waals surface area contributed by atoms with E-state index in [4.69, 9.17) is 0 Å². The van der Waals surface area contributed by atoms with Crippen molar-refractivity contribution < 1.29 is 26.3 Å². The molecule has 6 nitrogen and oxygen atoms in total. The predicted octanol–water partition coefficient (Wildman–Crippen LogP) is 3.18. The van der Waals surface area contributed by atoms with Crippen LogP contribution in [0, 0.1) is 5.92 Å². The topological polar surface area (TPSA) is 71.5 Å². The van der Waals surface area contributed by atoms with E-state index in [2.05, 4.69) is 19.3 Å². The smallest absolute Gasteiger partial charge is 0.406 e. The van der Waals surface area contributed by atoms with Gasteiger partial charge >= 0.3 is 6.36 Å². The number of hydrogen-bond acceptors (Lipinski definition) is 5. The molecular formula is C18H20F3N3O3S. The van der Waals surface area contributed by atoms with Gasteiger partial charge in [-0.25, -0.2) is 13.1 Å². The maximum Gasteiger partial charge on any atom is 0.573 e. The second-order valence-electron chi connectivity index (χ2n) is 6.51. The lowest BCUT2D eigenvalue weighted by molar-refractivity contribution is -0.274. The average molecular weight is 415 g/mol. The molecule has 0 unspecified atom stereocenters. The highest BCUT2D eigenvalue weighted by Gasteiger charge is 2.31. The van der Waals surface area contributed by atoms with Crippen LogP contribution in [-0.4, -0.2) is 39.4 Å². The van der Waals surface area contributed by atoms with Crippen molar-refractivity contribution in [2.24, 2.45) is 5.92 Å². The van der Waals surface area contributed by atoms with Crippen LogP contribution in [-0.2, 0) is 10.0 Å². The molecule has 1 aliphatic rings. The van der Waals surface area contributed by atoms with Crippen molar-refractivity contribution in [1.82, 2.24) is 9.71 Å². The number of benzene rings is 1. The van der Waals surface area contributed by atoms with Gasteiger partial charge in [0.1, 0.15) is 5.75 Å². The van der Waals surface area contributed by atoms with Gasteiger partial charge < -0.3 is 9.64 Å². The minimum Gasteiger partial charge on any atom is -0.406 e. The van der Waals surface area contributed by atoms with Crippen LogP contribution in [0.2, 0.25) is 0 Å². The minimum absolute atomic E-state index is 0.102. The van der Waals surface area contributed by atoms with E-state index in [0.29, 0.717) is 0 Å². The number of ether oxygens (including phenoxy) is 1. The molecule has 1 saturated heterocycles. The Balaban J connectivity index is 1.51. The number of nitrogens with zero attached hydrogens (tertiary/aromatic N) is 2. The van der Waals surface area contributed by atoms with Crippen LogP contribution in [0.5, 0.6) is 5.75 Å². The molecule has 0 aliphatic carbocycles. The summed E-state index contributed by atoms with van der Waals surface area (Å²) in [7, 11) is -3.80. The quantitative estimate of drug-likeness (QED) is 0.785. The van der Waals surface area contributed by atoms with E-state index in [-0.39, 0.29) is 17.4 Å². The van der Waals surface area contributed by atoms with Crippen molar-refractivity contribution in [3.63, 3.8) is 0 Å². The predicted molar refractivity (Wildman–Crippen MR) is 97.5 cm³/mol. The SMILES string of the molecule is O=S(=O)(NCC1CCN(c2cccnc2)CC1)c1ccc(OC(F)(F)F)cc1. The Morgan fingerprint density at radius 1 is 1.14 bits per heavy atom. The van der Waals surface area contributed by atoms with E-state index in [0.717, 1.165) is 55.9 Å². The number of hydrogen-bond donors (Lipinski definition) is 1. The van der Waals surface area contributed by atoms with Crippen LogP contribution in [0.25, 0.3) is 0 Å². The number of piperidine rings is 1. The summed E-state index contributed by atoms with van der Waals surface area (Å²) in [5.74, 6) is -0.273. The normalized spacial score (nSPS) is 16.2. The molecule has 10 heteroatoms. The third kappa shape index (κ3) is 5.59. The van der Waals surface area contributed by atoms with Gasteiger partial charge in [-0.2, -0.15) is 0 Å². The summed E-state index contributed by atoms with van der Waals surface area (Å²) in [5, 5.41) is 0. The number of pyridine rings is 1. The van der Waals surface area contributed by atoms with Crippen LogP contribution in [0.15, 0.2) is 53.7 Å². The molecule has 0 spiro atoms. The van der Waals surface area contributed by atoms with Crippen LogP contribution in [0.1, 0.15) is 12.8 Å². The highest BCUT2D eigenvalue weighted by atomic mass is 32.2. The van der Waals surface area contributed by atoms with Crippen LogP contribution in [0.4, 0.5) is 18.9 Å². The molecule has 0 saturated carbocycles. The number of sulfonamides is 1.